The molecule has 0 spiro atoms. The van der Waals surface area contributed by atoms with Gasteiger partial charge in [0.05, 0.1) is 18.8 Å². The van der Waals surface area contributed by atoms with Crippen LogP contribution in [-0.2, 0) is 25.5 Å². The summed E-state index contributed by atoms with van der Waals surface area (Å²) in [5.41, 5.74) is 0.638. The molecular weight excluding hydrogens is 682 g/mol. The molecule has 3 atom stereocenters. The van der Waals surface area contributed by atoms with E-state index in [1.54, 1.807) is 12.2 Å². The number of hydrogen-bond acceptors (Lipinski definition) is 6. The van der Waals surface area contributed by atoms with Gasteiger partial charge >= 0.3 is 12.3 Å². The summed E-state index contributed by atoms with van der Waals surface area (Å²) in [5.74, 6) is -3.51. The first-order valence-electron chi connectivity index (χ1n) is 16.4. The van der Waals surface area contributed by atoms with Crippen LogP contribution < -0.4 is 21.3 Å². The van der Waals surface area contributed by atoms with Gasteiger partial charge in [-0.3, -0.25) is 9.59 Å². The van der Waals surface area contributed by atoms with E-state index in [0.29, 0.717) is 30.4 Å². The Hall–Kier alpha value is -4.63. The maximum atomic E-state index is 15.3. The maximum absolute atomic E-state index is 15.3. The topological polar surface area (TPSA) is 118 Å². The van der Waals surface area contributed by atoms with Crippen LogP contribution in [0.3, 0.4) is 0 Å². The number of hydrogen-bond donors (Lipinski definition) is 4. The minimum Gasteiger partial charge on any atom is -0.448 e. The minimum atomic E-state index is -4.57. The standard InChI is InChI=1S/C36H38F6N4O5/c1-35(15-16-35)33(48)46-31(30(21-5-9-23(37)10-6-21)22-7-11-24(38)12-8-22)32(47)45-29-4-2-3-28(39)27(29)14-13-26-17-43-25(18-50-26)19-51-34(49)44-20-36(40,41)42/h2-12,25-26,30-31,43H,13-20H2,1H3,(H,44,49)(H,45,47)(H,46,48)/t25?,26-,31+/m1/s1. The molecule has 15 heteroatoms. The molecule has 9 nitrogen and oxygen atoms in total. The van der Waals surface area contributed by atoms with Crippen LogP contribution in [-0.4, -0.2) is 68.6 Å². The molecule has 1 saturated heterocycles. The van der Waals surface area contributed by atoms with Gasteiger partial charge in [-0.25, -0.2) is 18.0 Å². The number of alkyl carbamates (subject to hydrolysis) is 1. The number of nitrogens with one attached hydrogen (secondary N) is 4. The fourth-order valence-corrected chi connectivity index (χ4v) is 5.75. The summed E-state index contributed by atoms with van der Waals surface area (Å²) in [5, 5.41) is 10.4. The number of ether oxygens (including phenoxy) is 2. The smallest absolute Gasteiger partial charge is 0.407 e. The molecule has 1 saturated carbocycles. The van der Waals surface area contributed by atoms with E-state index in [-0.39, 0.29) is 43.3 Å². The number of amides is 3. The van der Waals surface area contributed by atoms with Crippen molar-refractivity contribution in [3.8, 4) is 0 Å². The number of benzene rings is 3. The molecule has 5 rings (SSSR count). The van der Waals surface area contributed by atoms with Crippen molar-refractivity contribution in [2.45, 2.75) is 62.9 Å². The average Bonchev–Trinajstić information content (AvgIpc) is 3.85. The first-order chi connectivity index (χ1) is 24.2. The third-order valence-electron chi connectivity index (χ3n) is 9.02. The van der Waals surface area contributed by atoms with Gasteiger partial charge in [-0.05, 0) is 73.2 Å². The number of rotatable bonds is 13. The van der Waals surface area contributed by atoms with Crippen LogP contribution in [0.15, 0.2) is 66.7 Å². The first kappa shape index (κ1) is 37.6. The van der Waals surface area contributed by atoms with Gasteiger partial charge in [-0.2, -0.15) is 13.2 Å². The number of anilines is 1. The van der Waals surface area contributed by atoms with Crippen LogP contribution in [0, 0.1) is 22.9 Å². The predicted molar refractivity (Wildman–Crippen MR) is 174 cm³/mol. The van der Waals surface area contributed by atoms with E-state index in [0.717, 1.165) is 0 Å². The lowest BCUT2D eigenvalue weighted by Crippen LogP contribution is -2.50. The number of carbonyl (C=O) groups excluding carboxylic acids is 3. The number of carbonyl (C=O) groups is 3. The SMILES string of the molecule is CC1(C(=O)N[C@H](C(=O)Nc2cccc(F)c2CC[C@@H]2CNC(COC(=O)NCC(F)(F)F)CO2)C(c2ccc(F)cc2)c2ccc(F)cc2)CC1. The van der Waals surface area contributed by atoms with Gasteiger partial charge in [-0.15, -0.1) is 0 Å². The van der Waals surface area contributed by atoms with Crippen LogP contribution in [0.5, 0.6) is 0 Å². The molecule has 1 unspecified atom stereocenters. The molecule has 0 bridgehead atoms. The molecule has 3 aromatic carbocycles. The molecule has 1 aliphatic heterocycles. The molecule has 2 fully saturated rings. The van der Waals surface area contributed by atoms with Crippen molar-refractivity contribution in [2.75, 3.05) is 31.6 Å². The van der Waals surface area contributed by atoms with E-state index in [1.165, 1.54) is 66.7 Å². The summed E-state index contributed by atoms with van der Waals surface area (Å²) in [7, 11) is 0. The molecule has 1 heterocycles. The van der Waals surface area contributed by atoms with Crippen molar-refractivity contribution >= 4 is 23.6 Å². The lowest BCUT2D eigenvalue weighted by atomic mass is 9.84. The Balaban J connectivity index is 1.28. The Morgan fingerprint density at radius 3 is 2.14 bits per heavy atom. The summed E-state index contributed by atoms with van der Waals surface area (Å²) in [4.78, 5) is 39.1. The third-order valence-corrected chi connectivity index (χ3v) is 9.02. The Morgan fingerprint density at radius 1 is 0.961 bits per heavy atom. The molecule has 274 valence electrons. The zero-order chi connectivity index (χ0) is 36.8. The quantitative estimate of drug-likeness (QED) is 0.168. The summed E-state index contributed by atoms with van der Waals surface area (Å²) in [6, 6.07) is 13.3. The Labute approximate surface area is 290 Å². The molecule has 51 heavy (non-hydrogen) atoms. The summed E-state index contributed by atoms with van der Waals surface area (Å²) >= 11 is 0. The lowest BCUT2D eigenvalue weighted by molar-refractivity contribution is -0.130. The van der Waals surface area contributed by atoms with Gasteiger partial charge in [0.25, 0.3) is 0 Å². The van der Waals surface area contributed by atoms with Crippen LogP contribution in [0.25, 0.3) is 0 Å². The molecular formula is C36H38F6N4O5. The third kappa shape index (κ3) is 10.4. The molecule has 0 aromatic heterocycles. The van der Waals surface area contributed by atoms with Crippen LogP contribution >= 0.6 is 0 Å². The fraction of sp³-hybridized carbons (Fsp3) is 0.417. The first-order valence-corrected chi connectivity index (χ1v) is 16.4. The van der Waals surface area contributed by atoms with E-state index >= 15 is 4.39 Å². The van der Waals surface area contributed by atoms with Gasteiger partial charge in [0.1, 0.15) is 36.6 Å². The van der Waals surface area contributed by atoms with Crippen LogP contribution in [0.2, 0.25) is 0 Å². The fourth-order valence-electron chi connectivity index (χ4n) is 5.75. The Kier molecular flexibility index (Phi) is 11.9. The number of morpholine rings is 1. The van der Waals surface area contributed by atoms with Gasteiger partial charge < -0.3 is 30.7 Å². The number of halogens is 6. The Bertz CT molecular complexity index is 1630. The summed E-state index contributed by atoms with van der Waals surface area (Å²) in [6.45, 7) is 0.386. The van der Waals surface area contributed by atoms with Gasteiger partial charge in [-0.1, -0.05) is 37.3 Å². The van der Waals surface area contributed by atoms with E-state index in [1.807, 2.05) is 0 Å². The molecule has 0 radical (unpaired) electrons. The van der Waals surface area contributed by atoms with Crippen molar-refractivity contribution < 1.29 is 50.2 Å². The zero-order valence-electron chi connectivity index (χ0n) is 27.6. The molecule has 1 aliphatic carbocycles. The highest BCUT2D eigenvalue weighted by Gasteiger charge is 2.47. The largest absolute Gasteiger partial charge is 0.448 e. The average molecular weight is 721 g/mol. The minimum absolute atomic E-state index is 0.0759. The van der Waals surface area contributed by atoms with Crippen LogP contribution in [0.1, 0.15) is 48.8 Å². The second-order valence-corrected chi connectivity index (χ2v) is 13.0. The van der Waals surface area contributed by atoms with Gasteiger partial charge in [0.2, 0.25) is 11.8 Å². The molecule has 3 amide bonds. The number of alkyl halides is 3. The molecule has 2 aliphatic rings. The highest BCUT2D eigenvalue weighted by molar-refractivity contribution is 6.00. The van der Waals surface area contributed by atoms with Crippen molar-refractivity contribution in [1.29, 1.82) is 0 Å². The lowest BCUT2D eigenvalue weighted by Gasteiger charge is -2.31. The molecule has 3 aromatic rings. The van der Waals surface area contributed by atoms with Crippen LogP contribution in [0.4, 0.5) is 36.8 Å². The monoisotopic (exact) mass is 720 g/mol. The molecule has 4 N–H and O–H groups in total. The van der Waals surface area contributed by atoms with E-state index in [2.05, 4.69) is 16.0 Å². The van der Waals surface area contributed by atoms with Crippen molar-refractivity contribution in [3.63, 3.8) is 0 Å². The van der Waals surface area contributed by atoms with E-state index < -0.39 is 71.7 Å². The van der Waals surface area contributed by atoms with Gasteiger partial charge in [0, 0.05) is 29.1 Å². The zero-order valence-corrected chi connectivity index (χ0v) is 27.6. The predicted octanol–water partition coefficient (Wildman–Crippen LogP) is 5.74. The summed E-state index contributed by atoms with van der Waals surface area (Å²) in [6.07, 6.45) is -4.49. The second kappa shape index (κ2) is 16.1. The second-order valence-electron chi connectivity index (χ2n) is 13.0. The van der Waals surface area contributed by atoms with Crippen molar-refractivity contribution in [1.82, 2.24) is 16.0 Å². The van der Waals surface area contributed by atoms with E-state index in [9.17, 15) is 36.3 Å². The summed E-state index contributed by atoms with van der Waals surface area (Å²) < 4.78 is 90.7. The van der Waals surface area contributed by atoms with Gasteiger partial charge in [0.15, 0.2) is 0 Å². The Morgan fingerprint density at radius 2 is 1.59 bits per heavy atom. The highest BCUT2D eigenvalue weighted by atomic mass is 19.4. The highest BCUT2D eigenvalue weighted by Crippen LogP contribution is 2.45. The van der Waals surface area contributed by atoms with E-state index in [4.69, 9.17) is 9.47 Å². The van der Waals surface area contributed by atoms with Crippen molar-refractivity contribution in [2.24, 2.45) is 5.41 Å². The van der Waals surface area contributed by atoms with Crippen molar-refractivity contribution in [3.05, 3.63) is 101 Å². The normalized spacial score (nSPS) is 18.8. The maximum Gasteiger partial charge on any atom is 0.407 e.